The van der Waals surface area contributed by atoms with Gasteiger partial charge in [0.2, 0.25) is 0 Å². The minimum absolute atomic E-state index is 0.602. The number of methoxy groups -OCH3 is 1. The zero-order valence-electron chi connectivity index (χ0n) is 15.4. The topological polar surface area (TPSA) is 47.7 Å². The van der Waals surface area contributed by atoms with Crippen LogP contribution in [0.2, 0.25) is 5.02 Å². The van der Waals surface area contributed by atoms with Gasteiger partial charge < -0.3 is 18.8 Å². The summed E-state index contributed by atoms with van der Waals surface area (Å²) in [6.07, 6.45) is 5.23. The van der Waals surface area contributed by atoms with Gasteiger partial charge in [0.15, 0.2) is 17.3 Å². The molecule has 0 spiro atoms. The number of halogens is 1. The average Bonchev–Trinajstić information content (AvgIpc) is 3.38. The third kappa shape index (κ3) is 4.04. The fourth-order valence-electron chi connectivity index (χ4n) is 3.49. The third-order valence-electron chi connectivity index (χ3n) is 4.89. The van der Waals surface area contributed by atoms with E-state index < -0.39 is 0 Å². The highest BCUT2D eigenvalue weighted by atomic mass is 35.5. The van der Waals surface area contributed by atoms with E-state index in [9.17, 15) is 0 Å². The van der Waals surface area contributed by atoms with Crippen LogP contribution in [0.1, 0.15) is 19.3 Å². The van der Waals surface area contributed by atoms with Crippen molar-refractivity contribution >= 4 is 22.5 Å². The number of ether oxygens (including phenoxy) is 2. The molecule has 0 N–H and O–H groups in total. The van der Waals surface area contributed by atoms with Crippen molar-refractivity contribution in [2.24, 2.45) is 0 Å². The minimum Gasteiger partial charge on any atom is -0.493 e. The standard InChI is InChI=1S/C21H23ClN2O3/c1-25-20-12-15-16(22)13-18(19-6-4-10-26-19)23-17(15)14-21(20)27-11-5-9-24-7-2-3-8-24/h4,6,10,12-14H,2-3,5,7-9,11H2,1H3. The molecule has 1 aliphatic heterocycles. The van der Waals surface area contributed by atoms with Gasteiger partial charge in [-0.15, -0.1) is 0 Å². The van der Waals surface area contributed by atoms with Gasteiger partial charge in [-0.2, -0.15) is 0 Å². The van der Waals surface area contributed by atoms with E-state index in [0.29, 0.717) is 34.6 Å². The highest BCUT2D eigenvalue weighted by molar-refractivity contribution is 6.35. The van der Waals surface area contributed by atoms with Crippen LogP contribution in [0.25, 0.3) is 22.4 Å². The maximum absolute atomic E-state index is 6.48. The molecule has 0 aliphatic carbocycles. The summed E-state index contributed by atoms with van der Waals surface area (Å²) >= 11 is 6.48. The fourth-order valence-corrected chi connectivity index (χ4v) is 3.75. The number of benzene rings is 1. The molecule has 0 radical (unpaired) electrons. The SMILES string of the molecule is COc1cc2c(Cl)cc(-c3ccco3)nc2cc1OCCCN1CCCC1. The second kappa shape index (κ2) is 8.19. The number of aromatic nitrogens is 1. The van der Waals surface area contributed by atoms with Crippen molar-refractivity contribution in [3.63, 3.8) is 0 Å². The molecule has 2 aromatic heterocycles. The second-order valence-corrected chi connectivity index (χ2v) is 7.14. The van der Waals surface area contributed by atoms with Gasteiger partial charge in [-0.1, -0.05) is 11.6 Å². The van der Waals surface area contributed by atoms with Gasteiger partial charge in [-0.05, 0) is 56.6 Å². The van der Waals surface area contributed by atoms with E-state index in [1.165, 1.54) is 25.9 Å². The van der Waals surface area contributed by atoms with E-state index in [-0.39, 0.29) is 0 Å². The predicted molar refractivity (Wildman–Crippen MR) is 107 cm³/mol. The lowest BCUT2D eigenvalue weighted by molar-refractivity contribution is 0.254. The van der Waals surface area contributed by atoms with Gasteiger partial charge in [0.05, 0.1) is 30.5 Å². The molecule has 142 valence electrons. The highest BCUT2D eigenvalue weighted by Crippen LogP contribution is 2.36. The third-order valence-corrected chi connectivity index (χ3v) is 5.20. The van der Waals surface area contributed by atoms with Crippen molar-refractivity contribution in [1.29, 1.82) is 0 Å². The van der Waals surface area contributed by atoms with Crippen molar-refractivity contribution in [2.75, 3.05) is 33.4 Å². The van der Waals surface area contributed by atoms with Crippen LogP contribution in [0, 0.1) is 0 Å². The molecule has 4 rings (SSSR count). The average molecular weight is 387 g/mol. The first-order valence-electron chi connectivity index (χ1n) is 9.32. The van der Waals surface area contributed by atoms with E-state index >= 15 is 0 Å². The number of furan rings is 1. The molecule has 1 fully saturated rings. The molecular weight excluding hydrogens is 364 g/mol. The Bertz CT molecular complexity index is 905. The quantitative estimate of drug-likeness (QED) is 0.533. The maximum Gasteiger partial charge on any atom is 0.163 e. The number of hydrogen-bond acceptors (Lipinski definition) is 5. The molecule has 0 unspecified atom stereocenters. The van der Waals surface area contributed by atoms with Gasteiger partial charge in [-0.3, -0.25) is 0 Å². The monoisotopic (exact) mass is 386 g/mol. The molecule has 1 aromatic carbocycles. The Morgan fingerprint density at radius 1 is 1.19 bits per heavy atom. The van der Waals surface area contributed by atoms with Gasteiger partial charge in [0.1, 0.15) is 5.69 Å². The van der Waals surface area contributed by atoms with Crippen LogP contribution in [-0.4, -0.2) is 43.2 Å². The summed E-state index contributed by atoms with van der Waals surface area (Å²) in [5.41, 5.74) is 1.45. The van der Waals surface area contributed by atoms with Crippen LogP contribution in [0.4, 0.5) is 0 Å². The first-order valence-corrected chi connectivity index (χ1v) is 9.70. The fraction of sp³-hybridized carbons (Fsp3) is 0.381. The van der Waals surface area contributed by atoms with Gasteiger partial charge in [0.25, 0.3) is 0 Å². The molecular formula is C21H23ClN2O3. The molecule has 0 saturated carbocycles. The van der Waals surface area contributed by atoms with Crippen molar-refractivity contribution < 1.29 is 13.9 Å². The lowest BCUT2D eigenvalue weighted by Gasteiger charge is -2.16. The number of hydrogen-bond donors (Lipinski definition) is 0. The maximum atomic E-state index is 6.48. The molecule has 0 bridgehead atoms. The molecule has 6 heteroatoms. The van der Waals surface area contributed by atoms with E-state index in [1.54, 1.807) is 19.4 Å². The van der Waals surface area contributed by atoms with Crippen molar-refractivity contribution in [1.82, 2.24) is 9.88 Å². The zero-order chi connectivity index (χ0) is 18.6. The largest absolute Gasteiger partial charge is 0.493 e. The Balaban J connectivity index is 1.55. The van der Waals surface area contributed by atoms with E-state index in [1.807, 2.05) is 24.3 Å². The van der Waals surface area contributed by atoms with Crippen molar-refractivity contribution in [2.45, 2.75) is 19.3 Å². The Morgan fingerprint density at radius 2 is 2.04 bits per heavy atom. The first-order chi connectivity index (χ1) is 13.2. The summed E-state index contributed by atoms with van der Waals surface area (Å²) in [6, 6.07) is 9.27. The van der Waals surface area contributed by atoms with Gasteiger partial charge in [0, 0.05) is 18.0 Å². The number of likely N-dealkylation sites (tertiary alicyclic amines) is 1. The molecule has 3 aromatic rings. The number of nitrogens with zero attached hydrogens (tertiary/aromatic N) is 2. The van der Waals surface area contributed by atoms with E-state index in [2.05, 4.69) is 9.88 Å². The Hall–Kier alpha value is -2.24. The molecule has 1 aliphatic rings. The summed E-state index contributed by atoms with van der Waals surface area (Å²) in [4.78, 5) is 7.17. The molecule has 0 amide bonds. The number of fused-ring (bicyclic) bond motifs is 1. The highest BCUT2D eigenvalue weighted by Gasteiger charge is 2.14. The van der Waals surface area contributed by atoms with Crippen molar-refractivity contribution in [3.8, 4) is 23.0 Å². The van der Waals surface area contributed by atoms with Crippen LogP contribution in [0.15, 0.2) is 41.0 Å². The smallest absolute Gasteiger partial charge is 0.163 e. The first kappa shape index (κ1) is 18.1. The molecule has 1 saturated heterocycles. The van der Waals surface area contributed by atoms with Crippen LogP contribution in [0.5, 0.6) is 11.5 Å². The van der Waals surface area contributed by atoms with Crippen LogP contribution in [-0.2, 0) is 0 Å². The summed E-state index contributed by atoms with van der Waals surface area (Å²) in [6.45, 7) is 4.13. The number of rotatable bonds is 7. The van der Waals surface area contributed by atoms with E-state index in [4.69, 9.17) is 25.5 Å². The normalized spacial score (nSPS) is 14.7. The molecule has 3 heterocycles. The Kier molecular flexibility index (Phi) is 5.50. The summed E-state index contributed by atoms with van der Waals surface area (Å²) in [5.74, 6) is 2.03. The van der Waals surface area contributed by atoms with Crippen LogP contribution in [0.3, 0.4) is 0 Å². The number of pyridine rings is 1. The zero-order valence-corrected chi connectivity index (χ0v) is 16.2. The van der Waals surface area contributed by atoms with E-state index in [0.717, 1.165) is 23.9 Å². The molecule has 27 heavy (non-hydrogen) atoms. The molecule has 0 atom stereocenters. The summed E-state index contributed by atoms with van der Waals surface area (Å²) < 4.78 is 17.0. The molecule has 5 nitrogen and oxygen atoms in total. The summed E-state index contributed by atoms with van der Waals surface area (Å²) in [5, 5.41) is 1.43. The predicted octanol–water partition coefficient (Wildman–Crippen LogP) is 5.02. The Labute approximate surface area is 163 Å². The van der Waals surface area contributed by atoms with Gasteiger partial charge >= 0.3 is 0 Å². The van der Waals surface area contributed by atoms with Gasteiger partial charge in [-0.25, -0.2) is 4.98 Å². The summed E-state index contributed by atoms with van der Waals surface area (Å²) in [7, 11) is 1.64. The van der Waals surface area contributed by atoms with Crippen LogP contribution < -0.4 is 9.47 Å². The lowest BCUT2D eigenvalue weighted by atomic mass is 10.1. The Morgan fingerprint density at radius 3 is 2.78 bits per heavy atom. The second-order valence-electron chi connectivity index (χ2n) is 6.74. The van der Waals surface area contributed by atoms with Crippen molar-refractivity contribution in [3.05, 3.63) is 41.6 Å². The minimum atomic E-state index is 0.602. The van der Waals surface area contributed by atoms with Crippen LogP contribution >= 0.6 is 11.6 Å². The lowest BCUT2D eigenvalue weighted by Crippen LogP contribution is -2.21.